The van der Waals surface area contributed by atoms with E-state index in [0.717, 1.165) is 5.56 Å². The predicted octanol–water partition coefficient (Wildman–Crippen LogP) is 1.85. The van der Waals surface area contributed by atoms with Crippen LogP contribution >= 0.6 is 11.6 Å². The second kappa shape index (κ2) is 5.61. The summed E-state index contributed by atoms with van der Waals surface area (Å²) in [4.78, 5) is 11.7. The van der Waals surface area contributed by atoms with Crippen LogP contribution in [0.1, 0.15) is 5.56 Å². The Balaban J connectivity index is 2.24. The van der Waals surface area contributed by atoms with Crippen LogP contribution in [0.4, 0.5) is 5.95 Å². The summed E-state index contributed by atoms with van der Waals surface area (Å²) < 4.78 is 5.45. The van der Waals surface area contributed by atoms with E-state index in [9.17, 15) is 0 Å². The highest BCUT2D eigenvalue weighted by atomic mass is 35.5. The number of nitrogens with zero attached hydrogens (tertiary/aromatic N) is 3. The number of rotatable bonds is 4. The zero-order valence-corrected chi connectivity index (χ0v) is 10.3. The fourth-order valence-electron chi connectivity index (χ4n) is 1.30. The van der Waals surface area contributed by atoms with E-state index in [4.69, 9.17) is 21.4 Å². The first-order valence-electron chi connectivity index (χ1n) is 5.18. The molecule has 2 N–H and O–H groups in total. The van der Waals surface area contributed by atoms with Gasteiger partial charge in [-0.05, 0) is 29.3 Å². The Morgan fingerprint density at radius 3 is 2.89 bits per heavy atom. The van der Waals surface area contributed by atoms with Gasteiger partial charge in [-0.15, -0.1) is 0 Å². The van der Waals surface area contributed by atoms with Crippen LogP contribution in [0, 0.1) is 0 Å². The number of aliphatic hydroxyl groups is 1. The number of anilines is 1. The molecule has 0 amide bonds. The average molecular weight is 267 g/mol. The summed E-state index contributed by atoms with van der Waals surface area (Å²) in [7, 11) is 1.67. The Labute approximate surface area is 109 Å². The molecule has 2 aromatic rings. The molecule has 94 valence electrons. The fraction of sp³-hybridized carbons (Fsp3) is 0.182. The molecule has 1 aromatic heterocycles. The lowest BCUT2D eigenvalue weighted by Crippen LogP contribution is -2.01. The van der Waals surface area contributed by atoms with Crippen LogP contribution in [0.2, 0.25) is 5.28 Å². The molecule has 1 aromatic carbocycles. The Morgan fingerprint density at radius 1 is 1.33 bits per heavy atom. The summed E-state index contributed by atoms with van der Waals surface area (Å²) in [5, 5.41) is 11.8. The number of hydrogen-bond acceptors (Lipinski definition) is 6. The van der Waals surface area contributed by atoms with Gasteiger partial charge in [0.25, 0.3) is 0 Å². The Kier molecular flexibility index (Phi) is 3.91. The Hall–Kier alpha value is -1.92. The van der Waals surface area contributed by atoms with Crippen molar-refractivity contribution in [2.45, 2.75) is 6.61 Å². The second-order valence-corrected chi connectivity index (χ2v) is 3.71. The van der Waals surface area contributed by atoms with Crippen molar-refractivity contribution in [2.24, 2.45) is 0 Å². The molecule has 18 heavy (non-hydrogen) atoms. The van der Waals surface area contributed by atoms with Gasteiger partial charge in [0.2, 0.25) is 11.2 Å². The van der Waals surface area contributed by atoms with E-state index in [2.05, 4.69) is 20.3 Å². The normalized spacial score (nSPS) is 10.2. The predicted molar refractivity (Wildman–Crippen MR) is 66.8 cm³/mol. The molecule has 0 spiro atoms. The third-order valence-electron chi connectivity index (χ3n) is 2.10. The van der Waals surface area contributed by atoms with Crippen LogP contribution in [-0.4, -0.2) is 27.1 Å². The topological polar surface area (TPSA) is 80.2 Å². The summed E-state index contributed by atoms with van der Waals surface area (Å²) >= 11 is 5.73. The van der Waals surface area contributed by atoms with Crippen LogP contribution in [0.25, 0.3) is 0 Å². The number of benzene rings is 1. The number of aliphatic hydroxyl groups excluding tert-OH is 1. The summed E-state index contributed by atoms with van der Waals surface area (Å²) in [6, 6.07) is 7.07. The molecule has 0 aliphatic heterocycles. The smallest absolute Gasteiger partial charge is 0.328 e. The molecule has 6 nitrogen and oxygen atoms in total. The molecule has 0 saturated carbocycles. The third-order valence-corrected chi connectivity index (χ3v) is 2.27. The largest absolute Gasteiger partial charge is 0.424 e. The van der Waals surface area contributed by atoms with Gasteiger partial charge in [0.1, 0.15) is 5.75 Å². The summed E-state index contributed by atoms with van der Waals surface area (Å²) in [6.45, 7) is -0.0586. The minimum absolute atomic E-state index is 0.0441. The third kappa shape index (κ3) is 3.06. The van der Waals surface area contributed by atoms with Crippen LogP contribution in [0.3, 0.4) is 0 Å². The molecule has 0 fully saturated rings. The van der Waals surface area contributed by atoms with Gasteiger partial charge in [0.05, 0.1) is 6.61 Å². The molecular formula is C11H11ClN4O2. The monoisotopic (exact) mass is 266 g/mol. The van der Waals surface area contributed by atoms with E-state index in [1.807, 2.05) is 0 Å². The fourth-order valence-corrected chi connectivity index (χ4v) is 1.45. The number of hydrogen-bond donors (Lipinski definition) is 2. The van der Waals surface area contributed by atoms with Crippen molar-refractivity contribution in [1.82, 2.24) is 15.0 Å². The van der Waals surface area contributed by atoms with Crippen LogP contribution in [0.5, 0.6) is 11.8 Å². The molecular weight excluding hydrogens is 256 g/mol. The van der Waals surface area contributed by atoms with Gasteiger partial charge in [-0.25, -0.2) is 0 Å². The molecule has 7 heteroatoms. The minimum atomic E-state index is -0.0586. The van der Waals surface area contributed by atoms with Crippen molar-refractivity contribution >= 4 is 17.5 Å². The van der Waals surface area contributed by atoms with E-state index in [1.165, 1.54) is 0 Å². The number of halogens is 1. The van der Waals surface area contributed by atoms with Gasteiger partial charge in [0.15, 0.2) is 0 Å². The molecule has 2 rings (SSSR count). The first-order chi connectivity index (χ1) is 8.71. The number of aromatic nitrogens is 3. The maximum absolute atomic E-state index is 9.03. The van der Waals surface area contributed by atoms with Crippen molar-refractivity contribution in [3.63, 3.8) is 0 Å². The van der Waals surface area contributed by atoms with Crippen molar-refractivity contribution < 1.29 is 9.84 Å². The molecule has 0 bridgehead atoms. The van der Waals surface area contributed by atoms with Gasteiger partial charge in [-0.2, -0.15) is 15.0 Å². The molecule has 1 heterocycles. The molecule has 0 unspecified atom stereocenters. The van der Waals surface area contributed by atoms with Crippen molar-refractivity contribution in [3.8, 4) is 11.8 Å². The molecule has 0 aliphatic carbocycles. The van der Waals surface area contributed by atoms with Gasteiger partial charge in [-0.1, -0.05) is 12.1 Å². The van der Waals surface area contributed by atoms with Crippen molar-refractivity contribution in [2.75, 3.05) is 12.4 Å². The highest BCUT2D eigenvalue weighted by Crippen LogP contribution is 2.20. The lowest BCUT2D eigenvalue weighted by Gasteiger charge is -2.06. The lowest BCUT2D eigenvalue weighted by molar-refractivity contribution is 0.281. The average Bonchev–Trinajstić information content (AvgIpc) is 2.38. The molecule has 0 atom stereocenters. The minimum Gasteiger partial charge on any atom is -0.424 e. The van der Waals surface area contributed by atoms with Crippen LogP contribution in [0.15, 0.2) is 24.3 Å². The van der Waals surface area contributed by atoms with E-state index in [-0.39, 0.29) is 17.9 Å². The van der Waals surface area contributed by atoms with E-state index >= 15 is 0 Å². The first kappa shape index (κ1) is 12.5. The summed E-state index contributed by atoms with van der Waals surface area (Å²) in [5.74, 6) is 0.842. The highest BCUT2D eigenvalue weighted by Gasteiger charge is 2.06. The van der Waals surface area contributed by atoms with Gasteiger partial charge in [-0.3, -0.25) is 0 Å². The lowest BCUT2D eigenvalue weighted by atomic mass is 10.2. The van der Waals surface area contributed by atoms with Gasteiger partial charge < -0.3 is 15.2 Å². The highest BCUT2D eigenvalue weighted by molar-refractivity contribution is 6.28. The van der Waals surface area contributed by atoms with Crippen molar-refractivity contribution in [1.29, 1.82) is 0 Å². The number of ether oxygens (including phenoxy) is 1. The zero-order valence-electron chi connectivity index (χ0n) is 9.59. The van der Waals surface area contributed by atoms with Crippen LogP contribution < -0.4 is 10.1 Å². The first-order valence-corrected chi connectivity index (χ1v) is 5.56. The maximum Gasteiger partial charge on any atom is 0.328 e. The zero-order chi connectivity index (χ0) is 13.0. The standard InChI is InChI=1S/C11H11ClN4O2/c1-13-10-14-9(12)15-11(16-10)18-8-4-2-3-7(5-8)6-17/h2-5,17H,6H2,1H3,(H,13,14,15,16). The van der Waals surface area contributed by atoms with Gasteiger partial charge in [0, 0.05) is 7.05 Å². The SMILES string of the molecule is CNc1nc(Cl)nc(Oc2cccc(CO)c2)n1. The molecule has 0 saturated heterocycles. The second-order valence-electron chi connectivity index (χ2n) is 3.37. The molecule has 0 aliphatic rings. The quantitative estimate of drug-likeness (QED) is 0.879. The Morgan fingerprint density at radius 2 is 2.17 bits per heavy atom. The van der Waals surface area contributed by atoms with Crippen molar-refractivity contribution in [3.05, 3.63) is 35.1 Å². The van der Waals surface area contributed by atoms with Crippen LogP contribution in [-0.2, 0) is 6.61 Å². The number of nitrogens with one attached hydrogen (secondary N) is 1. The molecule has 0 radical (unpaired) electrons. The van der Waals surface area contributed by atoms with E-state index < -0.39 is 0 Å². The summed E-state index contributed by atoms with van der Waals surface area (Å²) in [6.07, 6.45) is 0. The van der Waals surface area contributed by atoms with E-state index in [0.29, 0.717) is 11.7 Å². The summed E-state index contributed by atoms with van der Waals surface area (Å²) in [5.41, 5.74) is 0.737. The van der Waals surface area contributed by atoms with Gasteiger partial charge >= 0.3 is 6.01 Å². The Bertz CT molecular complexity index is 550. The van der Waals surface area contributed by atoms with E-state index in [1.54, 1.807) is 31.3 Å². The maximum atomic E-state index is 9.03.